The Kier molecular flexibility index (Phi) is 3.69. The summed E-state index contributed by atoms with van der Waals surface area (Å²) < 4.78 is 5.52. The van der Waals surface area contributed by atoms with E-state index in [4.69, 9.17) is 4.52 Å². The lowest BCUT2D eigenvalue weighted by atomic mass is 9.85. The molecule has 0 bridgehead atoms. The van der Waals surface area contributed by atoms with Crippen LogP contribution in [-0.2, 0) is 10.2 Å². The Morgan fingerprint density at radius 3 is 2.56 bits per heavy atom. The number of nitrogens with one attached hydrogen (secondary N) is 1. The highest BCUT2D eigenvalue weighted by atomic mass is 16.5. The van der Waals surface area contributed by atoms with E-state index < -0.39 is 5.41 Å². The van der Waals surface area contributed by atoms with Crippen molar-refractivity contribution in [3.63, 3.8) is 0 Å². The number of hydrogen-bond donors (Lipinski definition) is 1. The molecule has 0 atom stereocenters. The molecule has 0 unspecified atom stereocenters. The lowest BCUT2D eigenvalue weighted by molar-refractivity contribution is -0.127. The van der Waals surface area contributed by atoms with Crippen LogP contribution in [0.15, 0.2) is 16.7 Å². The first-order valence-electron chi connectivity index (χ1n) is 9.23. The number of aromatic nitrogens is 1. The Hall–Kier alpha value is -1.88. The third kappa shape index (κ3) is 2.84. The largest absolute Gasteiger partial charge is 0.356 e. The number of amides is 1. The first-order chi connectivity index (χ1) is 11.8. The van der Waals surface area contributed by atoms with Crippen molar-refractivity contribution in [1.82, 2.24) is 15.4 Å². The molecule has 2 aromatic rings. The summed E-state index contributed by atoms with van der Waals surface area (Å²) >= 11 is 0. The van der Waals surface area contributed by atoms with E-state index >= 15 is 0 Å². The molecule has 2 aliphatic rings. The van der Waals surface area contributed by atoms with Crippen LogP contribution >= 0.6 is 0 Å². The zero-order valence-corrected chi connectivity index (χ0v) is 15.6. The second kappa shape index (κ2) is 5.56. The van der Waals surface area contributed by atoms with E-state index in [-0.39, 0.29) is 11.4 Å². The molecule has 1 saturated carbocycles. The smallest absolute Gasteiger partial charge is 0.232 e. The average molecular weight is 341 g/mol. The zero-order chi connectivity index (χ0) is 17.8. The number of carbonyl (C=O) groups is 1. The number of rotatable bonds is 5. The highest BCUT2D eigenvalue weighted by molar-refractivity contribution is 5.93. The van der Waals surface area contributed by atoms with Crippen molar-refractivity contribution in [2.75, 3.05) is 19.6 Å². The molecule has 5 heteroatoms. The van der Waals surface area contributed by atoms with Gasteiger partial charge < -0.3 is 14.7 Å². The van der Waals surface area contributed by atoms with Crippen molar-refractivity contribution < 1.29 is 9.32 Å². The minimum absolute atomic E-state index is 0.0270. The van der Waals surface area contributed by atoms with Gasteiger partial charge in [0.1, 0.15) is 5.69 Å². The minimum atomic E-state index is -0.725. The number of hydrogen-bond acceptors (Lipinski definition) is 4. The molecule has 1 aromatic heterocycles. The lowest BCUT2D eigenvalue weighted by Crippen LogP contribution is -2.53. The number of benzene rings is 1. The van der Waals surface area contributed by atoms with Crippen LogP contribution in [0.1, 0.15) is 49.9 Å². The van der Waals surface area contributed by atoms with E-state index in [9.17, 15) is 4.79 Å². The monoisotopic (exact) mass is 341 g/mol. The Balaban J connectivity index is 1.58. The topological polar surface area (TPSA) is 58.4 Å². The first kappa shape index (κ1) is 16.6. The van der Waals surface area contributed by atoms with Gasteiger partial charge in [0.15, 0.2) is 5.58 Å². The number of nitrogens with zero attached hydrogens (tertiary/aromatic N) is 2. The Labute approximate surface area is 148 Å². The summed E-state index contributed by atoms with van der Waals surface area (Å²) in [6.45, 7) is 11.3. The fraction of sp³-hybridized carbons (Fsp3) is 0.600. The number of fused-ring (bicyclic) bond motifs is 1. The van der Waals surface area contributed by atoms with Gasteiger partial charge in [-0.1, -0.05) is 5.16 Å². The molecule has 5 nitrogen and oxygen atoms in total. The van der Waals surface area contributed by atoms with Gasteiger partial charge in [0.2, 0.25) is 5.91 Å². The van der Waals surface area contributed by atoms with E-state index in [1.807, 2.05) is 19.9 Å². The Morgan fingerprint density at radius 2 is 1.96 bits per heavy atom. The minimum Gasteiger partial charge on any atom is -0.356 e. The maximum atomic E-state index is 13.1. The van der Waals surface area contributed by atoms with Crippen molar-refractivity contribution >= 4 is 16.9 Å². The Morgan fingerprint density at radius 1 is 1.28 bits per heavy atom. The highest BCUT2D eigenvalue weighted by Gasteiger charge is 2.48. The van der Waals surface area contributed by atoms with Crippen LogP contribution in [0.25, 0.3) is 11.0 Å². The van der Waals surface area contributed by atoms with Gasteiger partial charge in [0.25, 0.3) is 0 Å². The normalized spacial score (nSPS) is 19.7. The molecular formula is C20H27N3O2. The van der Waals surface area contributed by atoms with E-state index in [1.54, 1.807) is 0 Å². The highest BCUT2D eigenvalue weighted by Crippen LogP contribution is 2.39. The molecule has 0 spiro atoms. The van der Waals surface area contributed by atoms with Gasteiger partial charge in [-0.25, -0.2) is 0 Å². The predicted molar refractivity (Wildman–Crippen MR) is 97.7 cm³/mol. The van der Waals surface area contributed by atoms with E-state index in [0.29, 0.717) is 0 Å². The molecule has 1 amide bonds. The molecule has 1 saturated heterocycles. The van der Waals surface area contributed by atoms with Crippen molar-refractivity contribution in [3.8, 4) is 0 Å². The van der Waals surface area contributed by atoms with E-state index in [1.165, 1.54) is 17.5 Å². The van der Waals surface area contributed by atoms with E-state index in [2.05, 4.69) is 35.3 Å². The van der Waals surface area contributed by atoms with Gasteiger partial charge >= 0.3 is 0 Å². The second-order valence-corrected chi connectivity index (χ2v) is 8.45. The third-order valence-corrected chi connectivity index (χ3v) is 5.95. The van der Waals surface area contributed by atoms with E-state index in [0.717, 1.165) is 49.1 Å². The molecule has 4 rings (SSSR count). The number of aryl methyl sites for hydroxylation is 2. The fourth-order valence-electron chi connectivity index (χ4n) is 3.59. The van der Waals surface area contributed by atoms with Crippen LogP contribution in [0, 0.1) is 13.8 Å². The van der Waals surface area contributed by atoms with Crippen molar-refractivity contribution in [2.45, 2.75) is 57.9 Å². The molecule has 25 heavy (non-hydrogen) atoms. The third-order valence-electron chi connectivity index (χ3n) is 5.95. The van der Waals surface area contributed by atoms with Crippen molar-refractivity contribution in [3.05, 3.63) is 29.0 Å². The van der Waals surface area contributed by atoms with Gasteiger partial charge in [0.05, 0.1) is 11.0 Å². The Bertz CT molecular complexity index is 829. The SMILES string of the molecule is Cc1cc2onc(C(C)(C)C(=O)NC3(CN4CCC4)CC3)c2cc1C. The molecule has 1 aromatic carbocycles. The van der Waals surface area contributed by atoms with Gasteiger partial charge in [-0.05, 0) is 83.3 Å². The summed E-state index contributed by atoms with van der Waals surface area (Å²) in [5.41, 5.74) is 3.08. The summed E-state index contributed by atoms with van der Waals surface area (Å²) in [6, 6.07) is 4.08. The fourth-order valence-corrected chi connectivity index (χ4v) is 3.59. The molecule has 2 fully saturated rings. The van der Waals surface area contributed by atoms with Crippen LogP contribution < -0.4 is 5.32 Å². The van der Waals surface area contributed by atoms with Gasteiger partial charge in [0, 0.05) is 11.9 Å². The van der Waals surface area contributed by atoms with Gasteiger partial charge in [-0.2, -0.15) is 0 Å². The van der Waals surface area contributed by atoms with Crippen molar-refractivity contribution in [1.29, 1.82) is 0 Å². The van der Waals surface area contributed by atoms with Crippen LogP contribution in [0.5, 0.6) is 0 Å². The summed E-state index contributed by atoms with van der Waals surface area (Å²) in [6.07, 6.45) is 3.42. The molecular weight excluding hydrogens is 314 g/mol. The molecule has 1 N–H and O–H groups in total. The van der Waals surface area contributed by atoms with Crippen molar-refractivity contribution in [2.24, 2.45) is 0 Å². The lowest BCUT2D eigenvalue weighted by Gasteiger charge is -2.35. The maximum absolute atomic E-state index is 13.1. The molecule has 1 aliphatic carbocycles. The van der Waals surface area contributed by atoms with Gasteiger partial charge in [-0.15, -0.1) is 0 Å². The average Bonchev–Trinajstić information content (AvgIpc) is 3.15. The molecule has 0 radical (unpaired) electrons. The maximum Gasteiger partial charge on any atom is 0.232 e. The molecule has 2 heterocycles. The van der Waals surface area contributed by atoms with Gasteiger partial charge in [-0.3, -0.25) is 4.79 Å². The second-order valence-electron chi connectivity index (χ2n) is 8.45. The first-order valence-corrected chi connectivity index (χ1v) is 9.23. The number of likely N-dealkylation sites (tertiary alicyclic amines) is 1. The van der Waals surface area contributed by atoms with Crippen LogP contribution in [0.4, 0.5) is 0 Å². The summed E-state index contributed by atoms with van der Waals surface area (Å²) in [5.74, 6) is 0.0407. The number of carbonyl (C=O) groups excluding carboxylic acids is 1. The standard InChI is InChI=1S/C20H27N3O2/c1-13-10-15-16(11-14(13)2)25-22-17(15)19(3,4)18(24)21-20(6-7-20)12-23-8-5-9-23/h10-11H,5-9,12H2,1-4H3,(H,21,24). The van der Waals surface area contributed by atoms with Crippen LogP contribution in [0.2, 0.25) is 0 Å². The molecule has 1 aliphatic heterocycles. The van der Waals surface area contributed by atoms with Crippen LogP contribution in [0.3, 0.4) is 0 Å². The van der Waals surface area contributed by atoms with Crippen LogP contribution in [-0.4, -0.2) is 41.1 Å². The molecule has 134 valence electrons. The summed E-state index contributed by atoms with van der Waals surface area (Å²) in [5, 5.41) is 8.53. The summed E-state index contributed by atoms with van der Waals surface area (Å²) in [4.78, 5) is 15.5. The summed E-state index contributed by atoms with van der Waals surface area (Å²) in [7, 11) is 0. The zero-order valence-electron chi connectivity index (χ0n) is 15.6. The predicted octanol–water partition coefficient (Wildman–Crippen LogP) is 3.08. The quantitative estimate of drug-likeness (QED) is 0.908.